The van der Waals surface area contributed by atoms with E-state index in [1.807, 2.05) is 38.1 Å². The zero-order chi connectivity index (χ0) is 31.0. The molecule has 0 bridgehead atoms. The van der Waals surface area contributed by atoms with Gasteiger partial charge in [0.05, 0.1) is 24.8 Å². The molecule has 1 aliphatic carbocycles. The van der Waals surface area contributed by atoms with Crippen LogP contribution in [0.4, 0.5) is 5.69 Å². The summed E-state index contributed by atoms with van der Waals surface area (Å²) in [5.74, 6) is 0.0704. The molecule has 1 N–H and O–H groups in total. The number of sulfonamides is 1. The first kappa shape index (κ1) is 31.9. The number of nitrogens with one attached hydrogen (secondary N) is 1. The van der Waals surface area contributed by atoms with Crippen LogP contribution in [-0.2, 0) is 26.2 Å². The third-order valence-corrected chi connectivity index (χ3v) is 9.58. The lowest BCUT2D eigenvalue weighted by Gasteiger charge is -2.34. The van der Waals surface area contributed by atoms with Gasteiger partial charge in [-0.1, -0.05) is 61.7 Å². The van der Waals surface area contributed by atoms with E-state index in [9.17, 15) is 18.0 Å². The molecular weight excluding hydrogens is 566 g/mol. The van der Waals surface area contributed by atoms with Gasteiger partial charge in [0.2, 0.25) is 11.8 Å². The fraction of sp³-hybridized carbons (Fsp3) is 0.394. The number of aryl methyl sites for hydroxylation is 1. The van der Waals surface area contributed by atoms with Gasteiger partial charge in [0.1, 0.15) is 24.1 Å². The molecule has 3 aromatic carbocycles. The number of nitrogens with zero attached hydrogens (tertiary/aromatic N) is 2. The molecule has 4 rings (SSSR count). The first-order valence-electron chi connectivity index (χ1n) is 14.6. The molecule has 9 nitrogen and oxygen atoms in total. The summed E-state index contributed by atoms with van der Waals surface area (Å²) in [6.45, 7) is 3.44. The predicted octanol–water partition coefficient (Wildman–Crippen LogP) is 5.07. The van der Waals surface area contributed by atoms with Gasteiger partial charge in [-0.15, -0.1) is 0 Å². The van der Waals surface area contributed by atoms with E-state index >= 15 is 0 Å². The lowest BCUT2D eigenvalue weighted by molar-refractivity contribution is -0.140. The summed E-state index contributed by atoms with van der Waals surface area (Å²) >= 11 is 0. The van der Waals surface area contributed by atoms with Crippen molar-refractivity contribution in [3.05, 3.63) is 83.9 Å². The fourth-order valence-corrected chi connectivity index (χ4v) is 6.94. The number of benzene rings is 3. The molecule has 0 heterocycles. The molecule has 1 fully saturated rings. The van der Waals surface area contributed by atoms with Crippen LogP contribution in [0.15, 0.2) is 77.7 Å². The van der Waals surface area contributed by atoms with Crippen molar-refractivity contribution in [1.82, 2.24) is 10.2 Å². The monoisotopic (exact) mass is 607 g/mol. The van der Waals surface area contributed by atoms with Crippen molar-refractivity contribution in [3.63, 3.8) is 0 Å². The van der Waals surface area contributed by atoms with Crippen LogP contribution in [0.5, 0.6) is 11.5 Å². The summed E-state index contributed by atoms with van der Waals surface area (Å²) in [7, 11) is -1.29. The molecule has 10 heteroatoms. The van der Waals surface area contributed by atoms with Gasteiger partial charge in [0.15, 0.2) is 0 Å². The Bertz CT molecular complexity index is 1500. The summed E-state index contributed by atoms with van der Waals surface area (Å²) in [5.41, 5.74) is 2.08. The van der Waals surface area contributed by atoms with Crippen LogP contribution in [0.3, 0.4) is 0 Å². The van der Waals surface area contributed by atoms with Crippen molar-refractivity contribution in [1.29, 1.82) is 0 Å². The molecule has 43 heavy (non-hydrogen) atoms. The van der Waals surface area contributed by atoms with Crippen molar-refractivity contribution in [2.75, 3.05) is 25.1 Å². The van der Waals surface area contributed by atoms with Gasteiger partial charge in [-0.05, 0) is 68.1 Å². The summed E-state index contributed by atoms with van der Waals surface area (Å²) in [4.78, 5) is 29.4. The van der Waals surface area contributed by atoms with E-state index < -0.39 is 28.5 Å². The summed E-state index contributed by atoms with van der Waals surface area (Å²) in [6, 6.07) is 19.7. The Hall–Kier alpha value is -4.05. The van der Waals surface area contributed by atoms with E-state index in [-0.39, 0.29) is 29.1 Å². The highest BCUT2D eigenvalue weighted by Gasteiger charge is 2.35. The number of hydrogen-bond acceptors (Lipinski definition) is 6. The van der Waals surface area contributed by atoms with Crippen LogP contribution in [0.2, 0.25) is 0 Å². The Morgan fingerprint density at radius 1 is 0.953 bits per heavy atom. The number of ether oxygens (including phenoxy) is 2. The third kappa shape index (κ3) is 7.67. The maximum atomic E-state index is 14.3. The minimum atomic E-state index is -4.24. The van der Waals surface area contributed by atoms with E-state index in [2.05, 4.69) is 5.32 Å². The second-order valence-electron chi connectivity index (χ2n) is 10.8. The first-order valence-corrected chi connectivity index (χ1v) is 16.1. The Kier molecular flexibility index (Phi) is 10.7. The van der Waals surface area contributed by atoms with E-state index in [4.69, 9.17) is 9.47 Å². The highest BCUT2D eigenvalue weighted by molar-refractivity contribution is 7.92. The average molecular weight is 608 g/mol. The Morgan fingerprint density at radius 3 is 2.28 bits per heavy atom. The van der Waals surface area contributed by atoms with E-state index in [0.29, 0.717) is 17.9 Å². The van der Waals surface area contributed by atoms with E-state index in [0.717, 1.165) is 41.1 Å². The molecule has 0 saturated heterocycles. The van der Waals surface area contributed by atoms with Gasteiger partial charge < -0.3 is 19.7 Å². The van der Waals surface area contributed by atoms with E-state index in [1.165, 1.54) is 31.3 Å². The molecule has 0 radical (unpaired) electrons. The minimum absolute atomic E-state index is 0.0109. The van der Waals surface area contributed by atoms with Crippen molar-refractivity contribution in [3.8, 4) is 11.5 Å². The summed E-state index contributed by atoms with van der Waals surface area (Å²) < 4.78 is 40.1. The third-order valence-electron chi connectivity index (χ3n) is 7.80. The van der Waals surface area contributed by atoms with Gasteiger partial charge in [-0.3, -0.25) is 13.9 Å². The molecule has 1 aliphatic rings. The average Bonchev–Trinajstić information content (AvgIpc) is 3.52. The Morgan fingerprint density at radius 2 is 1.65 bits per heavy atom. The van der Waals surface area contributed by atoms with Crippen LogP contribution in [0.25, 0.3) is 0 Å². The molecule has 1 saturated carbocycles. The highest BCUT2D eigenvalue weighted by Crippen LogP contribution is 2.33. The van der Waals surface area contributed by atoms with Crippen molar-refractivity contribution in [2.24, 2.45) is 0 Å². The minimum Gasteiger partial charge on any atom is -0.497 e. The molecule has 0 aliphatic heterocycles. The van der Waals surface area contributed by atoms with E-state index in [1.54, 1.807) is 36.4 Å². The van der Waals surface area contributed by atoms with Crippen LogP contribution >= 0.6 is 0 Å². The smallest absolute Gasteiger partial charge is 0.264 e. The van der Waals surface area contributed by atoms with Gasteiger partial charge in [0, 0.05) is 12.6 Å². The lowest BCUT2D eigenvalue weighted by atomic mass is 10.1. The molecule has 1 unspecified atom stereocenters. The number of carbonyl (C=O) groups is 2. The standard InChI is InChI=1S/C33H41N3O6S/c1-5-29(33(38)34-26-13-6-7-14-26)35(22-25-12-10-11-24(2)21-25)32(37)23-36(30-15-8-9-16-31(30)42-4)43(39,40)28-19-17-27(41-3)18-20-28/h8-12,15-21,26,29H,5-7,13-14,22-23H2,1-4H3,(H,34,38). The number of anilines is 1. The van der Waals surface area contributed by atoms with Gasteiger partial charge in [0.25, 0.3) is 10.0 Å². The SMILES string of the molecule is CCC(C(=O)NC1CCCC1)N(Cc1cccc(C)c1)C(=O)CN(c1ccccc1OC)S(=O)(=O)c1ccc(OC)cc1. The first-order chi connectivity index (χ1) is 20.7. The largest absolute Gasteiger partial charge is 0.497 e. The Labute approximate surface area is 254 Å². The molecular formula is C33H41N3O6S. The number of amides is 2. The zero-order valence-electron chi connectivity index (χ0n) is 25.3. The number of carbonyl (C=O) groups excluding carboxylic acids is 2. The predicted molar refractivity (Wildman–Crippen MR) is 167 cm³/mol. The molecule has 230 valence electrons. The van der Waals surface area contributed by atoms with Crippen molar-refractivity contribution in [2.45, 2.75) is 69.5 Å². The maximum Gasteiger partial charge on any atom is 0.264 e. The molecule has 0 aromatic heterocycles. The quantitative estimate of drug-likeness (QED) is 0.291. The number of hydrogen-bond donors (Lipinski definition) is 1. The number of methoxy groups -OCH3 is 2. The van der Waals surface area contributed by atoms with Gasteiger partial charge in [-0.25, -0.2) is 8.42 Å². The molecule has 0 spiro atoms. The second-order valence-corrected chi connectivity index (χ2v) is 12.6. The van der Waals surface area contributed by atoms with Crippen LogP contribution in [0, 0.1) is 6.92 Å². The van der Waals surface area contributed by atoms with Crippen LogP contribution in [-0.4, -0.2) is 58.0 Å². The lowest BCUT2D eigenvalue weighted by Crippen LogP contribution is -2.53. The van der Waals surface area contributed by atoms with Crippen LogP contribution in [0.1, 0.15) is 50.2 Å². The van der Waals surface area contributed by atoms with Crippen molar-refractivity contribution >= 4 is 27.5 Å². The summed E-state index contributed by atoms with van der Waals surface area (Å²) in [6.07, 6.45) is 4.32. The van der Waals surface area contributed by atoms with Crippen LogP contribution < -0.4 is 19.1 Å². The Balaban J connectivity index is 1.74. The molecule has 2 amide bonds. The van der Waals surface area contributed by atoms with Crippen molar-refractivity contribution < 1.29 is 27.5 Å². The molecule has 1 atom stereocenters. The normalized spacial score (nSPS) is 14.1. The fourth-order valence-electron chi connectivity index (χ4n) is 5.52. The van der Waals surface area contributed by atoms with Gasteiger partial charge >= 0.3 is 0 Å². The zero-order valence-corrected chi connectivity index (χ0v) is 26.1. The topological polar surface area (TPSA) is 105 Å². The highest BCUT2D eigenvalue weighted by atomic mass is 32.2. The number of para-hydroxylation sites is 2. The maximum absolute atomic E-state index is 14.3. The number of rotatable bonds is 13. The van der Waals surface area contributed by atoms with Gasteiger partial charge in [-0.2, -0.15) is 0 Å². The molecule has 3 aromatic rings. The second kappa shape index (κ2) is 14.4. The summed E-state index contributed by atoms with van der Waals surface area (Å²) in [5, 5.41) is 3.14.